The Morgan fingerprint density at radius 1 is 1.00 bits per heavy atom. The molecule has 0 saturated carbocycles. The Morgan fingerprint density at radius 2 is 1.82 bits per heavy atom. The Bertz CT molecular complexity index is 186. The third kappa shape index (κ3) is 1.55. The molecule has 2 rings (SSSR count). The zero-order valence-electron chi connectivity index (χ0n) is 7.05. The van der Waals surface area contributed by atoms with E-state index >= 15 is 0 Å². The number of allylic oxidation sites excluding steroid dienone is 4. The van der Waals surface area contributed by atoms with Crippen molar-refractivity contribution in [1.82, 2.24) is 0 Å². The molecule has 0 aromatic heterocycles. The van der Waals surface area contributed by atoms with Crippen LogP contribution in [-0.4, -0.2) is 0 Å². The summed E-state index contributed by atoms with van der Waals surface area (Å²) in [7, 11) is 0. The van der Waals surface area contributed by atoms with Crippen molar-refractivity contribution in [2.75, 3.05) is 0 Å². The molecule has 0 nitrogen and oxygen atoms in total. The molecule has 0 aliphatic heterocycles. The Morgan fingerprint density at radius 3 is 2.82 bits per heavy atom. The van der Waals surface area contributed by atoms with Crippen LogP contribution < -0.4 is 0 Å². The summed E-state index contributed by atoms with van der Waals surface area (Å²) in [6.07, 6.45) is 15.3. The summed E-state index contributed by atoms with van der Waals surface area (Å²) in [4.78, 5) is 0. The molecule has 0 heteroatoms. The SMILES string of the molecule is C1=C2CC/C=C\CCC2CC1. The monoisotopic (exact) mass is 148 g/mol. The third-order valence-corrected chi connectivity index (χ3v) is 2.89. The number of hydrogen-bond acceptors (Lipinski definition) is 0. The van der Waals surface area contributed by atoms with Gasteiger partial charge >= 0.3 is 0 Å². The van der Waals surface area contributed by atoms with E-state index in [1.54, 1.807) is 5.57 Å². The average molecular weight is 148 g/mol. The first-order valence-corrected chi connectivity index (χ1v) is 4.81. The molecule has 1 unspecified atom stereocenters. The van der Waals surface area contributed by atoms with Gasteiger partial charge in [0.25, 0.3) is 0 Å². The molecule has 2 aliphatic rings. The van der Waals surface area contributed by atoms with Crippen molar-refractivity contribution < 1.29 is 0 Å². The summed E-state index contributed by atoms with van der Waals surface area (Å²) in [6, 6.07) is 0. The van der Waals surface area contributed by atoms with Crippen molar-refractivity contribution in [3.8, 4) is 0 Å². The quantitative estimate of drug-likeness (QED) is 0.461. The standard InChI is InChI=1S/C11H16/c1-2-4-7-11-9-5-8-10(11)6-3-1/h1-2,8,11H,3-7,9H2/b2-1-. The summed E-state index contributed by atoms with van der Waals surface area (Å²) in [5.41, 5.74) is 1.76. The molecule has 0 aromatic carbocycles. The van der Waals surface area contributed by atoms with Crippen LogP contribution in [0, 0.1) is 5.92 Å². The van der Waals surface area contributed by atoms with Crippen molar-refractivity contribution in [2.45, 2.75) is 38.5 Å². The first-order chi connectivity index (χ1) is 5.47. The molecule has 0 radical (unpaired) electrons. The number of fused-ring (bicyclic) bond motifs is 1. The van der Waals surface area contributed by atoms with Gasteiger partial charge in [-0.2, -0.15) is 0 Å². The summed E-state index contributed by atoms with van der Waals surface area (Å²) >= 11 is 0. The van der Waals surface area contributed by atoms with E-state index in [1.165, 1.54) is 38.5 Å². The lowest BCUT2D eigenvalue weighted by atomic mass is 9.91. The highest BCUT2D eigenvalue weighted by Gasteiger charge is 2.18. The van der Waals surface area contributed by atoms with Crippen LogP contribution in [0.4, 0.5) is 0 Å². The van der Waals surface area contributed by atoms with Gasteiger partial charge in [0.1, 0.15) is 0 Å². The average Bonchev–Trinajstić information content (AvgIpc) is 2.35. The maximum Gasteiger partial charge on any atom is -0.0197 e. The van der Waals surface area contributed by atoms with E-state index in [1.807, 2.05) is 0 Å². The fourth-order valence-electron chi connectivity index (χ4n) is 2.24. The molecule has 0 saturated heterocycles. The molecule has 0 fully saturated rings. The van der Waals surface area contributed by atoms with E-state index in [2.05, 4.69) is 18.2 Å². The lowest BCUT2D eigenvalue weighted by Gasteiger charge is -2.15. The zero-order chi connectivity index (χ0) is 7.52. The molecule has 11 heavy (non-hydrogen) atoms. The molecule has 0 amide bonds. The predicted molar refractivity (Wildman–Crippen MR) is 48.4 cm³/mol. The summed E-state index contributed by atoms with van der Waals surface area (Å²) in [5.74, 6) is 0.958. The minimum Gasteiger partial charge on any atom is -0.0885 e. The Labute approximate surface area is 69.0 Å². The van der Waals surface area contributed by atoms with Crippen LogP contribution in [0.2, 0.25) is 0 Å². The second kappa shape index (κ2) is 3.25. The van der Waals surface area contributed by atoms with E-state index in [0.29, 0.717) is 0 Å². The van der Waals surface area contributed by atoms with E-state index in [4.69, 9.17) is 0 Å². The fraction of sp³-hybridized carbons (Fsp3) is 0.636. The van der Waals surface area contributed by atoms with E-state index in [9.17, 15) is 0 Å². The topological polar surface area (TPSA) is 0 Å². The molecule has 0 bridgehead atoms. The first-order valence-electron chi connectivity index (χ1n) is 4.81. The zero-order valence-corrected chi connectivity index (χ0v) is 7.05. The third-order valence-electron chi connectivity index (χ3n) is 2.89. The Kier molecular flexibility index (Phi) is 2.11. The van der Waals surface area contributed by atoms with Crippen molar-refractivity contribution in [2.24, 2.45) is 5.92 Å². The highest BCUT2D eigenvalue weighted by Crippen LogP contribution is 2.33. The van der Waals surface area contributed by atoms with Crippen molar-refractivity contribution in [1.29, 1.82) is 0 Å². The minimum atomic E-state index is 0.958. The summed E-state index contributed by atoms with van der Waals surface area (Å²) in [6.45, 7) is 0. The maximum atomic E-state index is 2.48. The van der Waals surface area contributed by atoms with Gasteiger partial charge in [-0.1, -0.05) is 23.8 Å². The molecule has 0 aromatic rings. The van der Waals surface area contributed by atoms with Crippen molar-refractivity contribution in [3.63, 3.8) is 0 Å². The highest BCUT2D eigenvalue weighted by atomic mass is 14.2. The lowest BCUT2D eigenvalue weighted by molar-refractivity contribution is 0.538. The Hall–Kier alpha value is -0.520. The van der Waals surface area contributed by atoms with Crippen LogP contribution in [0.3, 0.4) is 0 Å². The minimum absolute atomic E-state index is 0.958. The van der Waals surface area contributed by atoms with Crippen LogP contribution >= 0.6 is 0 Å². The van der Waals surface area contributed by atoms with Gasteiger partial charge in [0, 0.05) is 0 Å². The van der Waals surface area contributed by atoms with Crippen LogP contribution in [-0.2, 0) is 0 Å². The summed E-state index contributed by atoms with van der Waals surface area (Å²) < 4.78 is 0. The molecule has 0 heterocycles. The molecule has 2 aliphatic carbocycles. The van der Waals surface area contributed by atoms with Gasteiger partial charge in [-0.3, -0.25) is 0 Å². The van der Waals surface area contributed by atoms with E-state index in [0.717, 1.165) is 5.92 Å². The van der Waals surface area contributed by atoms with Crippen molar-refractivity contribution in [3.05, 3.63) is 23.8 Å². The molecule has 0 spiro atoms. The summed E-state index contributed by atoms with van der Waals surface area (Å²) in [5, 5.41) is 0. The van der Waals surface area contributed by atoms with Crippen LogP contribution in [0.1, 0.15) is 38.5 Å². The Balaban J connectivity index is 2.06. The lowest BCUT2D eigenvalue weighted by Crippen LogP contribution is -2.00. The van der Waals surface area contributed by atoms with Gasteiger partial charge in [-0.15, -0.1) is 0 Å². The van der Waals surface area contributed by atoms with Crippen LogP contribution in [0.25, 0.3) is 0 Å². The molecule has 1 atom stereocenters. The van der Waals surface area contributed by atoms with Gasteiger partial charge in [-0.25, -0.2) is 0 Å². The van der Waals surface area contributed by atoms with Gasteiger partial charge < -0.3 is 0 Å². The highest BCUT2D eigenvalue weighted by molar-refractivity contribution is 5.14. The van der Waals surface area contributed by atoms with E-state index < -0.39 is 0 Å². The first kappa shape index (κ1) is 7.15. The fourth-order valence-corrected chi connectivity index (χ4v) is 2.24. The second-order valence-electron chi connectivity index (χ2n) is 3.64. The molecule has 60 valence electrons. The van der Waals surface area contributed by atoms with Gasteiger partial charge in [-0.05, 0) is 44.4 Å². The number of hydrogen-bond donors (Lipinski definition) is 0. The number of rotatable bonds is 0. The second-order valence-corrected chi connectivity index (χ2v) is 3.64. The van der Waals surface area contributed by atoms with Crippen LogP contribution in [0.5, 0.6) is 0 Å². The van der Waals surface area contributed by atoms with Gasteiger partial charge in [0.15, 0.2) is 0 Å². The van der Waals surface area contributed by atoms with Crippen LogP contribution in [0.15, 0.2) is 23.8 Å². The van der Waals surface area contributed by atoms with Gasteiger partial charge in [0.2, 0.25) is 0 Å². The predicted octanol–water partition coefficient (Wildman–Crippen LogP) is 3.45. The molecular weight excluding hydrogens is 132 g/mol. The van der Waals surface area contributed by atoms with E-state index in [-0.39, 0.29) is 0 Å². The maximum absolute atomic E-state index is 2.48. The smallest absolute Gasteiger partial charge is 0.0197 e. The van der Waals surface area contributed by atoms with Gasteiger partial charge in [0.05, 0.1) is 0 Å². The molecule has 0 N–H and O–H groups in total. The molecular formula is C11H16. The normalized spacial score (nSPS) is 33.5. The largest absolute Gasteiger partial charge is 0.0885 e. The van der Waals surface area contributed by atoms with Crippen molar-refractivity contribution >= 4 is 0 Å².